The number of piperidine rings is 1. The van der Waals surface area contributed by atoms with Crippen molar-refractivity contribution in [1.29, 1.82) is 0 Å². The van der Waals surface area contributed by atoms with Crippen molar-refractivity contribution >= 4 is 23.4 Å². The Labute approximate surface area is 140 Å². The lowest BCUT2D eigenvalue weighted by Gasteiger charge is -2.33. The van der Waals surface area contributed by atoms with Gasteiger partial charge in [-0.25, -0.2) is 9.50 Å². The third-order valence-electron chi connectivity index (χ3n) is 4.69. The Balaban J connectivity index is 1.72. The molecule has 3 rings (SSSR count). The zero-order valence-corrected chi connectivity index (χ0v) is 15.0. The molecule has 0 saturated carbocycles. The predicted octanol–water partition coefficient (Wildman–Crippen LogP) is 2.54. The minimum Gasteiger partial charge on any atom is -0.339 e. The molecule has 23 heavy (non-hydrogen) atoms. The molecule has 124 valence electrons. The van der Waals surface area contributed by atoms with Gasteiger partial charge in [-0.2, -0.15) is 4.98 Å². The van der Waals surface area contributed by atoms with Crippen LogP contribution >= 0.6 is 11.8 Å². The summed E-state index contributed by atoms with van der Waals surface area (Å²) in [6.07, 6.45) is 3.43. The zero-order valence-electron chi connectivity index (χ0n) is 14.2. The van der Waals surface area contributed by atoms with E-state index in [2.05, 4.69) is 22.0 Å². The Hall–Kier alpha value is -1.63. The molecule has 0 spiro atoms. The summed E-state index contributed by atoms with van der Waals surface area (Å²) in [6, 6.07) is 0.347. The number of hydrogen-bond donors (Lipinski definition) is 0. The average molecular weight is 333 g/mol. The SMILES string of the molecule is Cc1nc2nc(SCC(=O)N3CCCCC3C)nn2c(C)c1C. The first-order chi connectivity index (χ1) is 11.0. The van der Waals surface area contributed by atoms with E-state index in [0.717, 1.165) is 36.3 Å². The molecule has 3 heterocycles. The molecule has 1 amide bonds. The summed E-state index contributed by atoms with van der Waals surface area (Å²) in [5.41, 5.74) is 3.14. The van der Waals surface area contributed by atoms with E-state index in [-0.39, 0.29) is 5.91 Å². The molecule has 2 aromatic rings. The van der Waals surface area contributed by atoms with Crippen LogP contribution in [0.15, 0.2) is 5.16 Å². The van der Waals surface area contributed by atoms with E-state index in [0.29, 0.717) is 22.7 Å². The van der Waals surface area contributed by atoms with Gasteiger partial charge in [0, 0.05) is 24.0 Å². The fourth-order valence-corrected chi connectivity index (χ4v) is 3.68. The van der Waals surface area contributed by atoms with Crippen LogP contribution in [0.25, 0.3) is 5.78 Å². The average Bonchev–Trinajstić information content (AvgIpc) is 2.94. The first-order valence-corrected chi connectivity index (χ1v) is 9.08. The lowest BCUT2D eigenvalue weighted by molar-refractivity contribution is -0.131. The predicted molar refractivity (Wildman–Crippen MR) is 90.7 cm³/mol. The Kier molecular flexibility index (Phi) is 4.57. The van der Waals surface area contributed by atoms with Crippen molar-refractivity contribution in [2.75, 3.05) is 12.3 Å². The summed E-state index contributed by atoms with van der Waals surface area (Å²) in [4.78, 5) is 23.3. The van der Waals surface area contributed by atoms with Crippen LogP contribution in [-0.4, -0.2) is 48.7 Å². The topological polar surface area (TPSA) is 63.4 Å². The van der Waals surface area contributed by atoms with Gasteiger partial charge < -0.3 is 4.90 Å². The van der Waals surface area contributed by atoms with Gasteiger partial charge in [0.15, 0.2) is 0 Å². The molecule has 0 aliphatic carbocycles. The van der Waals surface area contributed by atoms with Crippen molar-refractivity contribution in [2.45, 2.75) is 58.2 Å². The molecule has 0 N–H and O–H groups in total. The molecule has 1 aliphatic rings. The Bertz CT molecular complexity index is 742. The van der Waals surface area contributed by atoms with E-state index in [1.807, 2.05) is 25.7 Å². The molecule has 1 aliphatic heterocycles. The van der Waals surface area contributed by atoms with Crippen molar-refractivity contribution < 1.29 is 4.79 Å². The number of fused-ring (bicyclic) bond motifs is 1. The summed E-state index contributed by atoms with van der Waals surface area (Å²) in [7, 11) is 0. The highest BCUT2D eigenvalue weighted by Gasteiger charge is 2.23. The van der Waals surface area contributed by atoms with Crippen molar-refractivity contribution in [1.82, 2.24) is 24.5 Å². The van der Waals surface area contributed by atoms with Crippen LogP contribution in [0.3, 0.4) is 0 Å². The molecular formula is C16H23N5OS. The van der Waals surface area contributed by atoms with Crippen molar-refractivity contribution in [3.05, 3.63) is 17.0 Å². The molecule has 1 unspecified atom stereocenters. The summed E-state index contributed by atoms with van der Waals surface area (Å²) in [5, 5.41) is 5.10. The number of aromatic nitrogens is 4. The van der Waals surface area contributed by atoms with Gasteiger partial charge in [0.2, 0.25) is 11.1 Å². The van der Waals surface area contributed by atoms with Crippen LogP contribution in [0.4, 0.5) is 0 Å². The highest BCUT2D eigenvalue weighted by Crippen LogP contribution is 2.21. The second-order valence-corrected chi connectivity index (χ2v) is 7.18. The third kappa shape index (κ3) is 3.20. The van der Waals surface area contributed by atoms with Gasteiger partial charge >= 0.3 is 0 Å². The van der Waals surface area contributed by atoms with Crippen molar-refractivity contribution in [2.24, 2.45) is 0 Å². The second kappa shape index (κ2) is 6.47. The number of thioether (sulfide) groups is 1. The van der Waals surface area contributed by atoms with Crippen LogP contribution in [0.5, 0.6) is 0 Å². The van der Waals surface area contributed by atoms with E-state index in [1.165, 1.54) is 18.2 Å². The maximum atomic E-state index is 12.4. The lowest BCUT2D eigenvalue weighted by Crippen LogP contribution is -2.42. The van der Waals surface area contributed by atoms with Crippen LogP contribution in [0.2, 0.25) is 0 Å². The Morgan fingerprint density at radius 3 is 2.78 bits per heavy atom. The molecule has 1 saturated heterocycles. The molecule has 7 heteroatoms. The molecule has 6 nitrogen and oxygen atoms in total. The van der Waals surface area contributed by atoms with Crippen molar-refractivity contribution in [3.63, 3.8) is 0 Å². The van der Waals surface area contributed by atoms with Gasteiger partial charge in [-0.05, 0) is 52.5 Å². The van der Waals surface area contributed by atoms with Crippen LogP contribution in [0, 0.1) is 20.8 Å². The summed E-state index contributed by atoms with van der Waals surface area (Å²) in [5.74, 6) is 1.17. The molecule has 1 atom stereocenters. The number of nitrogens with zero attached hydrogens (tertiary/aromatic N) is 5. The number of aryl methyl sites for hydroxylation is 2. The van der Waals surface area contributed by atoms with Gasteiger partial charge in [0.05, 0.1) is 5.75 Å². The minimum atomic E-state index is 0.179. The summed E-state index contributed by atoms with van der Waals surface area (Å²) >= 11 is 1.40. The quantitative estimate of drug-likeness (QED) is 0.808. The number of rotatable bonds is 3. The number of amides is 1. The summed E-state index contributed by atoms with van der Waals surface area (Å²) in [6.45, 7) is 9.03. The lowest BCUT2D eigenvalue weighted by atomic mass is 10.0. The minimum absolute atomic E-state index is 0.179. The number of carbonyl (C=O) groups excluding carboxylic acids is 1. The maximum Gasteiger partial charge on any atom is 0.253 e. The number of carbonyl (C=O) groups is 1. The van der Waals surface area contributed by atoms with Crippen molar-refractivity contribution in [3.8, 4) is 0 Å². The largest absolute Gasteiger partial charge is 0.339 e. The van der Waals surface area contributed by atoms with E-state index in [4.69, 9.17) is 0 Å². The molecule has 1 fully saturated rings. The van der Waals surface area contributed by atoms with Crippen LogP contribution in [-0.2, 0) is 4.79 Å². The van der Waals surface area contributed by atoms with Gasteiger partial charge in [0.1, 0.15) is 0 Å². The molecular weight excluding hydrogens is 310 g/mol. The first kappa shape index (κ1) is 16.2. The molecule has 0 bridgehead atoms. The van der Waals surface area contributed by atoms with E-state index >= 15 is 0 Å². The monoisotopic (exact) mass is 333 g/mol. The Morgan fingerprint density at radius 1 is 1.26 bits per heavy atom. The van der Waals surface area contributed by atoms with Crippen LogP contribution in [0.1, 0.15) is 43.1 Å². The highest BCUT2D eigenvalue weighted by atomic mass is 32.2. The number of hydrogen-bond acceptors (Lipinski definition) is 5. The van der Waals surface area contributed by atoms with Gasteiger partial charge in [0.25, 0.3) is 5.78 Å². The number of likely N-dealkylation sites (tertiary alicyclic amines) is 1. The van der Waals surface area contributed by atoms with Gasteiger partial charge in [-0.1, -0.05) is 11.8 Å². The van der Waals surface area contributed by atoms with Gasteiger partial charge in [-0.15, -0.1) is 5.10 Å². The van der Waals surface area contributed by atoms with E-state index in [1.54, 1.807) is 4.52 Å². The normalized spacial score (nSPS) is 18.6. The zero-order chi connectivity index (χ0) is 16.6. The van der Waals surface area contributed by atoms with E-state index in [9.17, 15) is 4.79 Å². The van der Waals surface area contributed by atoms with E-state index < -0.39 is 0 Å². The van der Waals surface area contributed by atoms with Gasteiger partial charge in [-0.3, -0.25) is 4.79 Å². The smallest absolute Gasteiger partial charge is 0.253 e. The molecule has 0 aromatic carbocycles. The van der Waals surface area contributed by atoms with Crippen LogP contribution < -0.4 is 0 Å². The molecule has 2 aromatic heterocycles. The summed E-state index contributed by atoms with van der Waals surface area (Å²) < 4.78 is 1.76. The first-order valence-electron chi connectivity index (χ1n) is 8.10. The molecule has 0 radical (unpaired) electrons. The maximum absolute atomic E-state index is 12.4. The fraction of sp³-hybridized carbons (Fsp3) is 0.625. The Morgan fingerprint density at radius 2 is 2.04 bits per heavy atom. The fourth-order valence-electron chi connectivity index (χ4n) is 2.98. The third-order valence-corrected chi connectivity index (χ3v) is 5.51. The second-order valence-electron chi connectivity index (χ2n) is 6.23. The standard InChI is InChI=1S/C16H23N5OS/c1-10-7-5-6-8-20(10)14(22)9-23-16-18-15-17-12(3)11(2)13(4)21(15)19-16/h10H,5-9H2,1-4H3. The highest BCUT2D eigenvalue weighted by molar-refractivity contribution is 7.99.